The summed E-state index contributed by atoms with van der Waals surface area (Å²) < 4.78 is 27.5. The molecule has 1 unspecified atom stereocenters. The second-order valence-electron chi connectivity index (χ2n) is 7.70. The van der Waals surface area contributed by atoms with E-state index < -0.39 is 10.0 Å². The second-order valence-corrected chi connectivity index (χ2v) is 9.85. The predicted molar refractivity (Wildman–Crippen MR) is 114 cm³/mol. The number of aryl methyl sites for hydroxylation is 1. The van der Waals surface area contributed by atoms with Gasteiger partial charge in [0.05, 0.1) is 11.1 Å². The molecule has 1 atom stereocenters. The first kappa shape index (κ1) is 20.3. The highest BCUT2D eigenvalue weighted by molar-refractivity contribution is 7.89. The maximum atomic E-state index is 13.2. The lowest BCUT2D eigenvalue weighted by molar-refractivity contribution is 0.0725. The topological polar surface area (TPSA) is 75.5 Å². The standard InChI is InChI=1S/C22H24N4O3S/c1-24(2)30(28,29)19-10-8-16(9-11-19)22(27)26-14-17-6-4-5-7-20(17)21(15-26)18-12-23-25(3)13-18/h4-13,21H,14-15H2,1-3H3. The molecule has 0 saturated carbocycles. The molecule has 0 N–H and O–H groups in total. The number of benzene rings is 2. The number of fused-ring (bicyclic) bond motifs is 1. The van der Waals surface area contributed by atoms with Crippen LogP contribution in [0.2, 0.25) is 0 Å². The Bertz CT molecular complexity index is 1180. The third-order valence-corrected chi connectivity index (χ3v) is 7.32. The quantitative estimate of drug-likeness (QED) is 0.645. The van der Waals surface area contributed by atoms with E-state index in [9.17, 15) is 13.2 Å². The molecule has 156 valence electrons. The summed E-state index contributed by atoms with van der Waals surface area (Å²) in [7, 11) is 1.32. The Kier molecular flexibility index (Phi) is 5.21. The molecule has 4 rings (SSSR count). The summed E-state index contributed by atoms with van der Waals surface area (Å²) in [6.07, 6.45) is 3.83. The fraction of sp³-hybridized carbons (Fsp3) is 0.273. The third-order valence-electron chi connectivity index (χ3n) is 5.49. The molecular formula is C22H24N4O3S. The molecule has 8 heteroatoms. The summed E-state index contributed by atoms with van der Waals surface area (Å²) in [5.41, 5.74) is 3.85. The minimum atomic E-state index is -3.53. The van der Waals surface area contributed by atoms with Gasteiger partial charge in [0.15, 0.2) is 0 Å². The average Bonchev–Trinajstić information content (AvgIpc) is 3.18. The van der Waals surface area contributed by atoms with Crippen molar-refractivity contribution in [3.63, 3.8) is 0 Å². The van der Waals surface area contributed by atoms with Crippen molar-refractivity contribution >= 4 is 15.9 Å². The molecule has 2 heterocycles. The first-order valence-corrected chi connectivity index (χ1v) is 11.1. The molecular weight excluding hydrogens is 400 g/mol. The molecule has 1 aromatic heterocycles. The van der Waals surface area contributed by atoms with Gasteiger partial charge in [0.1, 0.15) is 0 Å². The molecule has 0 radical (unpaired) electrons. The number of carbonyl (C=O) groups excluding carboxylic acids is 1. The van der Waals surface area contributed by atoms with Gasteiger partial charge in [-0.15, -0.1) is 0 Å². The highest BCUT2D eigenvalue weighted by Crippen LogP contribution is 2.34. The predicted octanol–water partition coefficient (Wildman–Crippen LogP) is 2.46. The maximum Gasteiger partial charge on any atom is 0.254 e. The molecule has 7 nitrogen and oxygen atoms in total. The van der Waals surface area contributed by atoms with Gasteiger partial charge >= 0.3 is 0 Å². The van der Waals surface area contributed by atoms with Crippen molar-refractivity contribution in [1.29, 1.82) is 0 Å². The summed E-state index contributed by atoms with van der Waals surface area (Å²) >= 11 is 0. The molecule has 0 fully saturated rings. The van der Waals surface area contributed by atoms with Crippen LogP contribution in [-0.2, 0) is 23.6 Å². The largest absolute Gasteiger partial charge is 0.333 e. The Morgan fingerprint density at radius 1 is 1.10 bits per heavy atom. The zero-order valence-corrected chi connectivity index (χ0v) is 18.0. The van der Waals surface area contributed by atoms with Crippen LogP contribution in [0.25, 0.3) is 0 Å². The number of aromatic nitrogens is 2. The number of nitrogens with zero attached hydrogens (tertiary/aromatic N) is 4. The van der Waals surface area contributed by atoms with Crippen molar-refractivity contribution in [3.05, 3.63) is 83.2 Å². The molecule has 2 aromatic carbocycles. The van der Waals surface area contributed by atoms with Crippen LogP contribution < -0.4 is 0 Å². The van der Waals surface area contributed by atoms with Gasteiger partial charge in [0, 0.05) is 51.9 Å². The second kappa shape index (κ2) is 7.70. The Morgan fingerprint density at radius 3 is 2.43 bits per heavy atom. The van der Waals surface area contributed by atoms with E-state index in [1.165, 1.54) is 31.8 Å². The summed E-state index contributed by atoms with van der Waals surface area (Å²) in [6.45, 7) is 1.06. The Hall–Kier alpha value is -2.97. The maximum absolute atomic E-state index is 13.2. The number of hydrogen-bond acceptors (Lipinski definition) is 4. The van der Waals surface area contributed by atoms with Gasteiger partial charge < -0.3 is 4.90 Å². The van der Waals surface area contributed by atoms with Gasteiger partial charge in [-0.05, 0) is 41.0 Å². The normalized spacial score (nSPS) is 16.5. The van der Waals surface area contributed by atoms with Gasteiger partial charge in [-0.3, -0.25) is 9.48 Å². The zero-order chi connectivity index (χ0) is 21.5. The van der Waals surface area contributed by atoms with E-state index in [1.54, 1.807) is 16.8 Å². The third kappa shape index (κ3) is 3.64. The zero-order valence-electron chi connectivity index (χ0n) is 17.2. The minimum absolute atomic E-state index is 0.0426. The highest BCUT2D eigenvalue weighted by Gasteiger charge is 2.30. The van der Waals surface area contributed by atoms with Crippen molar-refractivity contribution in [3.8, 4) is 0 Å². The van der Waals surface area contributed by atoms with E-state index in [1.807, 2.05) is 42.5 Å². The smallest absolute Gasteiger partial charge is 0.254 e. The van der Waals surface area contributed by atoms with Crippen molar-refractivity contribution < 1.29 is 13.2 Å². The average molecular weight is 425 g/mol. The number of hydrogen-bond donors (Lipinski definition) is 0. The first-order valence-electron chi connectivity index (χ1n) is 9.65. The lowest BCUT2D eigenvalue weighted by atomic mass is 9.86. The van der Waals surface area contributed by atoms with Crippen LogP contribution in [0.15, 0.2) is 65.8 Å². The molecule has 1 aliphatic rings. The van der Waals surface area contributed by atoms with Crippen molar-refractivity contribution in [2.24, 2.45) is 7.05 Å². The van der Waals surface area contributed by atoms with E-state index in [2.05, 4.69) is 11.2 Å². The Balaban J connectivity index is 1.63. The fourth-order valence-electron chi connectivity index (χ4n) is 3.83. The summed E-state index contributed by atoms with van der Waals surface area (Å²) in [5, 5.41) is 4.29. The van der Waals surface area contributed by atoms with Gasteiger partial charge in [-0.1, -0.05) is 24.3 Å². The van der Waals surface area contributed by atoms with Crippen LogP contribution in [0.3, 0.4) is 0 Å². The molecule has 0 spiro atoms. The van der Waals surface area contributed by atoms with Crippen LogP contribution in [0.5, 0.6) is 0 Å². The van der Waals surface area contributed by atoms with E-state index in [0.717, 1.165) is 15.4 Å². The van der Waals surface area contributed by atoms with Crippen molar-refractivity contribution in [2.75, 3.05) is 20.6 Å². The van der Waals surface area contributed by atoms with Crippen LogP contribution in [-0.4, -0.2) is 54.0 Å². The molecule has 0 bridgehead atoms. The van der Waals surface area contributed by atoms with E-state index in [4.69, 9.17) is 0 Å². The van der Waals surface area contributed by atoms with E-state index in [0.29, 0.717) is 18.7 Å². The lowest BCUT2D eigenvalue weighted by Crippen LogP contribution is -2.38. The molecule has 3 aromatic rings. The van der Waals surface area contributed by atoms with Crippen LogP contribution in [0.1, 0.15) is 33.0 Å². The summed E-state index contributed by atoms with van der Waals surface area (Å²) in [4.78, 5) is 15.2. The lowest BCUT2D eigenvalue weighted by Gasteiger charge is -2.34. The van der Waals surface area contributed by atoms with E-state index >= 15 is 0 Å². The molecule has 0 aliphatic carbocycles. The van der Waals surface area contributed by atoms with Crippen LogP contribution >= 0.6 is 0 Å². The number of sulfonamides is 1. The number of carbonyl (C=O) groups is 1. The summed E-state index contributed by atoms with van der Waals surface area (Å²) in [5.74, 6) is -0.0758. The highest BCUT2D eigenvalue weighted by atomic mass is 32.2. The van der Waals surface area contributed by atoms with Gasteiger partial charge in [0.2, 0.25) is 10.0 Å². The molecule has 1 amide bonds. The SMILES string of the molecule is CN(C)S(=O)(=O)c1ccc(C(=O)N2Cc3ccccc3C(c3cnn(C)c3)C2)cc1. The van der Waals surface area contributed by atoms with Crippen molar-refractivity contribution in [2.45, 2.75) is 17.4 Å². The van der Waals surface area contributed by atoms with Gasteiger partial charge in [-0.2, -0.15) is 5.10 Å². The molecule has 0 saturated heterocycles. The fourth-order valence-corrected chi connectivity index (χ4v) is 4.73. The molecule has 30 heavy (non-hydrogen) atoms. The van der Waals surface area contributed by atoms with Crippen molar-refractivity contribution in [1.82, 2.24) is 19.0 Å². The Labute approximate surface area is 176 Å². The Morgan fingerprint density at radius 2 is 1.80 bits per heavy atom. The number of amides is 1. The first-order chi connectivity index (χ1) is 14.3. The van der Waals surface area contributed by atoms with Crippen LogP contribution in [0, 0.1) is 0 Å². The minimum Gasteiger partial charge on any atom is -0.333 e. The van der Waals surface area contributed by atoms with E-state index in [-0.39, 0.29) is 16.7 Å². The number of rotatable bonds is 4. The van der Waals surface area contributed by atoms with Gasteiger partial charge in [0.25, 0.3) is 5.91 Å². The molecule has 1 aliphatic heterocycles. The monoisotopic (exact) mass is 424 g/mol. The van der Waals surface area contributed by atoms with Gasteiger partial charge in [-0.25, -0.2) is 12.7 Å². The summed E-state index contributed by atoms with van der Waals surface area (Å²) in [6, 6.07) is 14.3. The van der Waals surface area contributed by atoms with Crippen LogP contribution in [0.4, 0.5) is 0 Å².